The molecule has 0 bridgehead atoms. The smallest absolute Gasteiger partial charge is 0.116 e. The molecule has 1 fully saturated rings. The molecule has 1 aliphatic rings. The fourth-order valence-corrected chi connectivity index (χ4v) is 2.77. The minimum absolute atomic E-state index is 0.382. The Labute approximate surface area is 80.6 Å². The lowest BCUT2D eigenvalue weighted by Gasteiger charge is -1.95. The van der Waals surface area contributed by atoms with Crippen molar-refractivity contribution in [2.24, 2.45) is 0 Å². The summed E-state index contributed by atoms with van der Waals surface area (Å²) in [6.07, 6.45) is 2.64. The number of fused-ring (bicyclic) bond motifs is 1. The molecular formula is C11H10OS. The van der Waals surface area contributed by atoms with Crippen molar-refractivity contribution in [1.82, 2.24) is 0 Å². The maximum absolute atomic E-state index is 9.38. The average Bonchev–Trinajstić information content (AvgIpc) is 2.87. The molecule has 3 rings (SSSR count). The predicted molar refractivity (Wildman–Crippen MR) is 55.5 cm³/mol. The second-order valence-corrected chi connectivity index (χ2v) is 4.56. The van der Waals surface area contributed by atoms with Gasteiger partial charge in [0.15, 0.2) is 0 Å². The number of benzene rings is 1. The summed E-state index contributed by atoms with van der Waals surface area (Å²) in [4.78, 5) is 0. The van der Waals surface area contributed by atoms with Crippen molar-refractivity contribution in [2.75, 3.05) is 0 Å². The van der Waals surface area contributed by atoms with Crippen molar-refractivity contribution < 1.29 is 5.11 Å². The minimum atomic E-state index is 0.382. The molecule has 2 heteroatoms. The first-order chi connectivity index (χ1) is 6.34. The van der Waals surface area contributed by atoms with Gasteiger partial charge in [-0.2, -0.15) is 0 Å². The molecule has 13 heavy (non-hydrogen) atoms. The number of hydrogen-bond donors (Lipinski definition) is 1. The highest BCUT2D eigenvalue weighted by Crippen LogP contribution is 2.45. The molecule has 0 saturated heterocycles. The van der Waals surface area contributed by atoms with Gasteiger partial charge in [-0.25, -0.2) is 0 Å². The summed E-state index contributed by atoms with van der Waals surface area (Å²) >= 11 is 1.78. The van der Waals surface area contributed by atoms with E-state index in [1.165, 1.54) is 28.5 Å². The van der Waals surface area contributed by atoms with Crippen molar-refractivity contribution in [3.8, 4) is 5.75 Å². The van der Waals surface area contributed by atoms with E-state index >= 15 is 0 Å². The van der Waals surface area contributed by atoms with Crippen molar-refractivity contribution in [3.05, 3.63) is 29.1 Å². The number of rotatable bonds is 1. The molecule has 1 aliphatic carbocycles. The van der Waals surface area contributed by atoms with Crippen molar-refractivity contribution >= 4 is 21.4 Å². The van der Waals surface area contributed by atoms with E-state index in [2.05, 4.69) is 5.38 Å². The number of hydrogen-bond acceptors (Lipinski definition) is 2. The first-order valence-corrected chi connectivity index (χ1v) is 5.42. The van der Waals surface area contributed by atoms with E-state index in [9.17, 15) is 5.11 Å². The molecule has 0 spiro atoms. The highest BCUT2D eigenvalue weighted by molar-refractivity contribution is 7.17. The van der Waals surface area contributed by atoms with Crippen molar-refractivity contribution in [3.63, 3.8) is 0 Å². The van der Waals surface area contributed by atoms with Crippen LogP contribution in [0.3, 0.4) is 0 Å². The summed E-state index contributed by atoms with van der Waals surface area (Å²) in [5.74, 6) is 1.16. The maximum Gasteiger partial charge on any atom is 0.116 e. The van der Waals surface area contributed by atoms with Crippen LogP contribution >= 0.6 is 11.3 Å². The molecule has 66 valence electrons. The van der Waals surface area contributed by atoms with Gasteiger partial charge >= 0.3 is 0 Å². The summed E-state index contributed by atoms with van der Waals surface area (Å²) < 4.78 is 1.29. The Hall–Kier alpha value is -1.02. The summed E-state index contributed by atoms with van der Waals surface area (Å²) in [6, 6.07) is 5.65. The van der Waals surface area contributed by atoms with Crippen molar-refractivity contribution in [2.45, 2.75) is 18.8 Å². The van der Waals surface area contributed by atoms with E-state index < -0.39 is 0 Å². The Morgan fingerprint density at radius 3 is 2.92 bits per heavy atom. The average molecular weight is 190 g/mol. The standard InChI is InChI=1S/C11H10OS/c12-8-3-4-11-9(5-8)10(6-13-11)7-1-2-7/h3-7,12H,1-2H2. The van der Waals surface area contributed by atoms with E-state index in [4.69, 9.17) is 0 Å². The van der Waals surface area contributed by atoms with Crippen LogP contribution in [0.5, 0.6) is 5.75 Å². The Morgan fingerprint density at radius 2 is 2.15 bits per heavy atom. The third kappa shape index (κ3) is 1.13. The number of aromatic hydroxyl groups is 1. The van der Waals surface area contributed by atoms with E-state index in [-0.39, 0.29) is 0 Å². The lowest BCUT2D eigenvalue weighted by molar-refractivity contribution is 0.476. The molecule has 0 atom stereocenters. The zero-order valence-electron chi connectivity index (χ0n) is 7.16. The molecular weight excluding hydrogens is 180 g/mol. The fraction of sp³-hybridized carbons (Fsp3) is 0.273. The van der Waals surface area contributed by atoms with Crippen LogP contribution in [0.25, 0.3) is 10.1 Å². The lowest BCUT2D eigenvalue weighted by Crippen LogP contribution is -1.74. The number of thiophene rings is 1. The topological polar surface area (TPSA) is 20.2 Å². The monoisotopic (exact) mass is 190 g/mol. The van der Waals surface area contributed by atoms with E-state index in [1.807, 2.05) is 12.1 Å². The molecule has 1 aromatic carbocycles. The quantitative estimate of drug-likeness (QED) is 0.729. The zero-order valence-corrected chi connectivity index (χ0v) is 7.97. The van der Waals surface area contributed by atoms with Crippen LogP contribution in [0.4, 0.5) is 0 Å². The van der Waals surface area contributed by atoms with Crippen LogP contribution < -0.4 is 0 Å². The van der Waals surface area contributed by atoms with Gasteiger partial charge in [-0.15, -0.1) is 11.3 Å². The molecule has 1 nitrogen and oxygen atoms in total. The van der Waals surface area contributed by atoms with E-state index in [0.29, 0.717) is 5.75 Å². The van der Waals surface area contributed by atoms with Gasteiger partial charge < -0.3 is 5.11 Å². The summed E-state index contributed by atoms with van der Waals surface area (Å²) in [5.41, 5.74) is 1.44. The molecule has 0 radical (unpaired) electrons. The molecule has 1 N–H and O–H groups in total. The Balaban J connectivity index is 2.29. The molecule has 1 saturated carbocycles. The summed E-state index contributed by atoms with van der Waals surface area (Å²) in [5, 5.41) is 12.9. The third-order valence-electron chi connectivity index (χ3n) is 2.60. The van der Waals surface area contributed by atoms with Gasteiger partial charge in [0.25, 0.3) is 0 Å². The molecule has 2 aromatic rings. The Morgan fingerprint density at radius 1 is 1.31 bits per heavy atom. The predicted octanol–water partition coefficient (Wildman–Crippen LogP) is 3.48. The van der Waals surface area contributed by atoms with Crippen LogP contribution in [0.1, 0.15) is 24.3 Å². The van der Waals surface area contributed by atoms with E-state index in [1.54, 1.807) is 17.4 Å². The first-order valence-electron chi connectivity index (χ1n) is 4.55. The highest BCUT2D eigenvalue weighted by atomic mass is 32.1. The van der Waals surface area contributed by atoms with Gasteiger partial charge in [0.2, 0.25) is 0 Å². The van der Waals surface area contributed by atoms with Gasteiger partial charge in [0, 0.05) is 4.70 Å². The number of phenols is 1. The van der Waals surface area contributed by atoms with Crippen LogP contribution in [-0.4, -0.2) is 5.11 Å². The largest absolute Gasteiger partial charge is 0.508 e. The summed E-state index contributed by atoms with van der Waals surface area (Å²) in [7, 11) is 0. The maximum atomic E-state index is 9.38. The van der Waals surface area contributed by atoms with Gasteiger partial charge in [-0.1, -0.05) is 0 Å². The van der Waals surface area contributed by atoms with Gasteiger partial charge in [0.05, 0.1) is 0 Å². The summed E-state index contributed by atoms with van der Waals surface area (Å²) in [6.45, 7) is 0. The van der Waals surface area contributed by atoms with Crippen LogP contribution in [0.2, 0.25) is 0 Å². The SMILES string of the molecule is Oc1ccc2scc(C3CC3)c2c1. The van der Waals surface area contributed by atoms with Crippen LogP contribution in [-0.2, 0) is 0 Å². The Kier molecular flexibility index (Phi) is 1.41. The Bertz CT molecular complexity index is 454. The fourth-order valence-electron chi connectivity index (χ4n) is 1.75. The first kappa shape index (κ1) is 7.39. The van der Waals surface area contributed by atoms with E-state index in [0.717, 1.165) is 5.92 Å². The van der Waals surface area contributed by atoms with Crippen LogP contribution in [0, 0.1) is 0 Å². The second kappa shape index (κ2) is 2.48. The zero-order chi connectivity index (χ0) is 8.84. The normalized spacial score (nSPS) is 16.6. The molecule has 0 amide bonds. The number of phenolic OH excluding ortho intramolecular Hbond substituents is 1. The van der Waals surface area contributed by atoms with Gasteiger partial charge in [-0.05, 0) is 53.3 Å². The van der Waals surface area contributed by atoms with Gasteiger partial charge in [0.1, 0.15) is 5.75 Å². The minimum Gasteiger partial charge on any atom is -0.508 e. The molecule has 1 heterocycles. The van der Waals surface area contributed by atoms with Crippen molar-refractivity contribution in [1.29, 1.82) is 0 Å². The third-order valence-corrected chi connectivity index (χ3v) is 3.59. The second-order valence-electron chi connectivity index (χ2n) is 3.65. The van der Waals surface area contributed by atoms with Crippen LogP contribution in [0.15, 0.2) is 23.6 Å². The van der Waals surface area contributed by atoms with Gasteiger partial charge in [-0.3, -0.25) is 0 Å². The molecule has 1 aromatic heterocycles. The molecule has 0 unspecified atom stereocenters. The molecule has 0 aliphatic heterocycles. The highest BCUT2D eigenvalue weighted by Gasteiger charge is 2.26. The lowest BCUT2D eigenvalue weighted by atomic mass is 10.1.